The Hall–Kier alpha value is -1.75. The molecule has 0 heterocycles. The molecule has 96 valence electrons. The third-order valence-electron chi connectivity index (χ3n) is 2.16. The predicted octanol–water partition coefficient (Wildman–Crippen LogP) is 1.18. The van der Waals surface area contributed by atoms with Crippen molar-refractivity contribution in [1.82, 2.24) is 5.43 Å². The zero-order valence-electron chi connectivity index (χ0n) is 9.84. The van der Waals surface area contributed by atoms with Gasteiger partial charge in [-0.2, -0.15) is 11.8 Å². The number of benzene rings is 1. The van der Waals surface area contributed by atoms with E-state index < -0.39 is 12.0 Å². The van der Waals surface area contributed by atoms with Crippen molar-refractivity contribution in [2.45, 2.75) is 6.04 Å². The molecule has 0 aliphatic carbocycles. The molecule has 1 aromatic carbocycles. The van der Waals surface area contributed by atoms with Crippen molar-refractivity contribution in [3.05, 3.63) is 35.9 Å². The maximum Gasteiger partial charge on any atom is 0.327 e. The molecule has 6 heteroatoms. The molecular formula is C12H14N2O3S. The van der Waals surface area contributed by atoms with Crippen molar-refractivity contribution in [1.29, 1.82) is 0 Å². The number of carboxylic acid groups (broad SMARTS) is 1. The summed E-state index contributed by atoms with van der Waals surface area (Å²) in [5.41, 5.74) is 6.25. The first-order chi connectivity index (χ1) is 8.69. The van der Waals surface area contributed by atoms with Crippen molar-refractivity contribution in [2.75, 3.05) is 17.4 Å². The van der Waals surface area contributed by atoms with Gasteiger partial charge in [-0.15, -0.1) is 0 Å². The number of para-hydroxylation sites is 1. The monoisotopic (exact) mass is 266 g/mol. The number of carbonyl (C=O) groups is 1. The van der Waals surface area contributed by atoms with Crippen LogP contribution in [0.2, 0.25) is 0 Å². The molecule has 0 aromatic heterocycles. The zero-order valence-corrected chi connectivity index (χ0v) is 10.7. The summed E-state index contributed by atoms with van der Waals surface area (Å²) in [5.74, 6) is 0.887. The quantitative estimate of drug-likeness (QED) is 0.508. The summed E-state index contributed by atoms with van der Waals surface area (Å²) >= 11 is 1.37. The zero-order chi connectivity index (χ0) is 13.4. The Labute approximate surface area is 109 Å². The maximum atomic E-state index is 11.1. The minimum Gasteiger partial charge on any atom is -0.480 e. The molecule has 0 amide bonds. The number of thioether (sulfide) groups is 1. The molecule has 0 aliphatic heterocycles. The fraction of sp³-hybridized carbons (Fsp3) is 0.250. The minimum absolute atomic E-state index is 0.165. The molecular weight excluding hydrogens is 252 g/mol. The highest BCUT2D eigenvalue weighted by Gasteiger charge is 2.22. The highest BCUT2D eigenvalue weighted by Crippen LogP contribution is 2.08. The van der Waals surface area contributed by atoms with Gasteiger partial charge < -0.3 is 10.5 Å². The van der Waals surface area contributed by atoms with E-state index in [1.165, 1.54) is 11.8 Å². The lowest BCUT2D eigenvalue weighted by atomic mass is 10.1. The Balaban J connectivity index is 2.70. The standard InChI is InChI=1S/C12H14N2O3S/c1-18-8-9(7-15)11(12(16)17)14-13-10-5-3-2-4-6-10/h2-6,11,13-14H,8H2,1H3,(H,16,17). The third-order valence-corrected chi connectivity index (χ3v) is 2.76. The lowest BCUT2D eigenvalue weighted by molar-refractivity contribution is -0.138. The molecule has 0 bridgehead atoms. The van der Waals surface area contributed by atoms with E-state index in [9.17, 15) is 9.59 Å². The van der Waals surface area contributed by atoms with Crippen LogP contribution in [-0.2, 0) is 9.59 Å². The summed E-state index contributed by atoms with van der Waals surface area (Å²) in [6.45, 7) is 0. The van der Waals surface area contributed by atoms with Gasteiger partial charge in [0.1, 0.15) is 5.94 Å². The Morgan fingerprint density at radius 3 is 2.61 bits per heavy atom. The first-order valence-corrected chi connectivity index (χ1v) is 6.60. The maximum absolute atomic E-state index is 11.1. The van der Waals surface area contributed by atoms with Gasteiger partial charge in [0.25, 0.3) is 0 Å². The number of nitrogens with one attached hydrogen (secondary N) is 2. The van der Waals surface area contributed by atoms with Gasteiger partial charge in [0, 0.05) is 11.4 Å². The van der Waals surface area contributed by atoms with Crippen LogP contribution >= 0.6 is 11.8 Å². The highest BCUT2D eigenvalue weighted by atomic mass is 32.2. The van der Waals surface area contributed by atoms with Crippen molar-refractivity contribution >= 4 is 29.4 Å². The summed E-state index contributed by atoms with van der Waals surface area (Å²) in [6, 6.07) is 7.96. The number of hydrogen-bond donors (Lipinski definition) is 3. The molecule has 1 unspecified atom stereocenters. The summed E-state index contributed by atoms with van der Waals surface area (Å²) in [5, 5.41) is 9.07. The fourth-order valence-corrected chi connectivity index (χ4v) is 1.84. The van der Waals surface area contributed by atoms with E-state index in [1.807, 2.05) is 18.2 Å². The summed E-state index contributed by atoms with van der Waals surface area (Å²) in [6.07, 6.45) is 1.79. The van der Waals surface area contributed by atoms with Crippen molar-refractivity contribution < 1.29 is 14.7 Å². The molecule has 1 rings (SSSR count). The first kappa shape index (κ1) is 14.3. The van der Waals surface area contributed by atoms with Gasteiger partial charge in [-0.1, -0.05) is 18.2 Å². The van der Waals surface area contributed by atoms with Crippen LogP contribution in [-0.4, -0.2) is 35.1 Å². The third kappa shape index (κ3) is 4.25. The predicted molar refractivity (Wildman–Crippen MR) is 72.2 cm³/mol. The van der Waals surface area contributed by atoms with Crippen LogP contribution < -0.4 is 10.9 Å². The average molecular weight is 266 g/mol. The van der Waals surface area contributed by atoms with Gasteiger partial charge in [0.05, 0.1) is 5.57 Å². The summed E-state index contributed by atoms with van der Waals surface area (Å²) in [4.78, 5) is 21.8. The van der Waals surface area contributed by atoms with Crippen molar-refractivity contribution in [2.24, 2.45) is 0 Å². The van der Waals surface area contributed by atoms with Gasteiger partial charge in [0.15, 0.2) is 6.04 Å². The van der Waals surface area contributed by atoms with Gasteiger partial charge in [0.2, 0.25) is 0 Å². The van der Waals surface area contributed by atoms with Crippen LogP contribution in [0.25, 0.3) is 0 Å². The van der Waals surface area contributed by atoms with E-state index in [4.69, 9.17) is 5.11 Å². The topological polar surface area (TPSA) is 78.4 Å². The largest absolute Gasteiger partial charge is 0.480 e. The van der Waals surface area contributed by atoms with E-state index in [0.29, 0.717) is 5.75 Å². The van der Waals surface area contributed by atoms with E-state index in [1.54, 1.807) is 24.3 Å². The van der Waals surface area contributed by atoms with E-state index >= 15 is 0 Å². The smallest absolute Gasteiger partial charge is 0.327 e. The van der Waals surface area contributed by atoms with Crippen LogP contribution in [0, 0.1) is 0 Å². The fourth-order valence-electron chi connectivity index (χ4n) is 1.30. The van der Waals surface area contributed by atoms with Crippen molar-refractivity contribution in [3.63, 3.8) is 0 Å². The van der Waals surface area contributed by atoms with Crippen LogP contribution in [0.3, 0.4) is 0 Å². The second-order valence-electron chi connectivity index (χ2n) is 3.47. The Kier molecular flexibility index (Phi) is 6.00. The lowest BCUT2D eigenvalue weighted by Gasteiger charge is -2.16. The molecule has 0 saturated heterocycles. The van der Waals surface area contributed by atoms with Crippen LogP contribution in [0.4, 0.5) is 5.69 Å². The Morgan fingerprint density at radius 1 is 1.44 bits per heavy atom. The van der Waals surface area contributed by atoms with Crippen molar-refractivity contribution in [3.8, 4) is 0 Å². The molecule has 3 N–H and O–H groups in total. The molecule has 0 fully saturated rings. The number of carboxylic acids is 1. The van der Waals surface area contributed by atoms with E-state index in [0.717, 1.165) is 5.69 Å². The lowest BCUT2D eigenvalue weighted by Crippen LogP contribution is -2.42. The second-order valence-corrected chi connectivity index (χ2v) is 4.33. The number of aliphatic carboxylic acids is 1. The van der Waals surface area contributed by atoms with Gasteiger partial charge in [-0.3, -0.25) is 4.79 Å². The van der Waals surface area contributed by atoms with E-state index in [-0.39, 0.29) is 5.57 Å². The number of anilines is 1. The molecule has 0 spiro atoms. The molecule has 1 atom stereocenters. The number of hydrogen-bond acceptors (Lipinski definition) is 5. The Morgan fingerprint density at radius 2 is 2.11 bits per heavy atom. The minimum atomic E-state index is -1.12. The molecule has 18 heavy (non-hydrogen) atoms. The van der Waals surface area contributed by atoms with Gasteiger partial charge in [-0.25, -0.2) is 10.2 Å². The number of rotatable bonds is 7. The summed E-state index contributed by atoms with van der Waals surface area (Å²) in [7, 11) is 0. The number of carbonyl (C=O) groups excluding carboxylic acids is 1. The SMILES string of the molecule is CSCC(=C=O)C(NNc1ccccc1)C(=O)O. The normalized spacial score (nSPS) is 11.4. The number of hydrazine groups is 1. The second kappa shape index (κ2) is 7.55. The summed E-state index contributed by atoms with van der Waals surface area (Å²) < 4.78 is 0. The van der Waals surface area contributed by atoms with Gasteiger partial charge >= 0.3 is 5.97 Å². The highest BCUT2D eigenvalue weighted by molar-refractivity contribution is 7.98. The average Bonchev–Trinajstić information content (AvgIpc) is 2.38. The Bertz CT molecular complexity index is 444. The van der Waals surface area contributed by atoms with Crippen LogP contribution in [0.1, 0.15) is 0 Å². The molecule has 5 nitrogen and oxygen atoms in total. The van der Waals surface area contributed by atoms with E-state index in [2.05, 4.69) is 10.9 Å². The van der Waals surface area contributed by atoms with Gasteiger partial charge in [-0.05, 0) is 18.4 Å². The molecule has 1 aromatic rings. The molecule has 0 radical (unpaired) electrons. The molecule has 0 saturated carbocycles. The van der Waals surface area contributed by atoms with Crippen LogP contribution in [0.15, 0.2) is 35.9 Å². The first-order valence-electron chi connectivity index (χ1n) is 5.21. The molecule has 0 aliphatic rings. The van der Waals surface area contributed by atoms with Crippen LogP contribution in [0.5, 0.6) is 0 Å².